The van der Waals surface area contributed by atoms with E-state index in [9.17, 15) is 9.59 Å². The van der Waals surface area contributed by atoms with Gasteiger partial charge in [-0.25, -0.2) is 9.48 Å². The molecule has 7 nitrogen and oxygen atoms in total. The average molecular weight is 357 g/mol. The van der Waals surface area contributed by atoms with Crippen LogP contribution in [0.15, 0.2) is 29.3 Å². The summed E-state index contributed by atoms with van der Waals surface area (Å²) in [6.07, 6.45) is 10.1. The Morgan fingerprint density at radius 1 is 1.12 bits per heavy atom. The Bertz CT molecular complexity index is 806. The summed E-state index contributed by atoms with van der Waals surface area (Å²) in [6.45, 7) is 1.87. The molecule has 2 aromatic heterocycles. The van der Waals surface area contributed by atoms with Crippen molar-refractivity contribution in [3.63, 3.8) is 0 Å². The first-order valence-corrected chi connectivity index (χ1v) is 9.67. The minimum absolute atomic E-state index is 0.0120. The predicted molar refractivity (Wildman–Crippen MR) is 98.0 cm³/mol. The van der Waals surface area contributed by atoms with Gasteiger partial charge in [0.2, 0.25) is 5.91 Å². The maximum absolute atomic E-state index is 12.6. The zero-order valence-corrected chi connectivity index (χ0v) is 15.4. The lowest BCUT2D eigenvalue weighted by molar-refractivity contribution is -0.132. The van der Waals surface area contributed by atoms with Crippen LogP contribution in [0.5, 0.6) is 0 Å². The minimum atomic E-state index is 0.0120. The molecular weight excluding hydrogens is 330 g/mol. The first-order chi connectivity index (χ1) is 12.6. The van der Waals surface area contributed by atoms with Gasteiger partial charge in [-0.15, -0.1) is 0 Å². The second-order valence-electron chi connectivity index (χ2n) is 7.58. The third kappa shape index (κ3) is 3.22. The van der Waals surface area contributed by atoms with E-state index >= 15 is 0 Å². The van der Waals surface area contributed by atoms with Gasteiger partial charge in [0.05, 0.1) is 0 Å². The summed E-state index contributed by atoms with van der Waals surface area (Å²) < 4.78 is 5.34. The van der Waals surface area contributed by atoms with Crippen molar-refractivity contribution in [3.05, 3.63) is 40.8 Å². The van der Waals surface area contributed by atoms with Crippen molar-refractivity contribution in [2.75, 3.05) is 13.1 Å². The molecule has 0 N–H and O–H groups in total. The van der Waals surface area contributed by atoms with Crippen LogP contribution in [-0.4, -0.2) is 42.8 Å². The third-order valence-electron chi connectivity index (χ3n) is 5.87. The number of rotatable bonds is 4. The van der Waals surface area contributed by atoms with E-state index in [0.717, 1.165) is 44.6 Å². The Morgan fingerprint density at radius 2 is 1.77 bits per heavy atom. The monoisotopic (exact) mass is 357 g/mol. The molecule has 2 aromatic rings. The molecule has 26 heavy (non-hydrogen) atoms. The molecule has 0 atom stereocenters. The lowest BCUT2D eigenvalue weighted by atomic mass is 9.95. The van der Waals surface area contributed by atoms with E-state index in [-0.39, 0.29) is 17.5 Å². The molecule has 2 aliphatic rings. The molecule has 0 aromatic carbocycles. The molecule has 140 valence electrons. The van der Waals surface area contributed by atoms with Crippen molar-refractivity contribution in [1.82, 2.24) is 23.8 Å². The van der Waals surface area contributed by atoms with Crippen LogP contribution >= 0.6 is 0 Å². The highest BCUT2D eigenvalue weighted by atomic mass is 16.2. The summed E-state index contributed by atoms with van der Waals surface area (Å²) >= 11 is 0. The van der Waals surface area contributed by atoms with Gasteiger partial charge in [-0.3, -0.25) is 9.36 Å². The van der Waals surface area contributed by atoms with Gasteiger partial charge in [-0.05, 0) is 37.8 Å². The largest absolute Gasteiger partial charge is 0.345 e. The maximum Gasteiger partial charge on any atom is 0.345 e. The predicted octanol–water partition coefficient (Wildman–Crippen LogP) is 1.90. The van der Waals surface area contributed by atoms with E-state index in [1.165, 1.54) is 17.5 Å². The van der Waals surface area contributed by atoms with E-state index in [1.807, 2.05) is 38.6 Å². The van der Waals surface area contributed by atoms with Crippen LogP contribution in [0.3, 0.4) is 0 Å². The molecule has 0 spiro atoms. The number of hydrogen-bond donors (Lipinski definition) is 0. The zero-order valence-electron chi connectivity index (χ0n) is 15.4. The van der Waals surface area contributed by atoms with Crippen LogP contribution in [-0.2, 0) is 18.4 Å². The maximum atomic E-state index is 12.6. The molecule has 1 aliphatic carbocycles. The van der Waals surface area contributed by atoms with Gasteiger partial charge in [0.1, 0.15) is 12.4 Å². The second-order valence-corrected chi connectivity index (χ2v) is 7.58. The van der Waals surface area contributed by atoms with Gasteiger partial charge in [0.25, 0.3) is 0 Å². The van der Waals surface area contributed by atoms with Gasteiger partial charge in [0, 0.05) is 44.5 Å². The Morgan fingerprint density at radius 3 is 2.42 bits per heavy atom. The van der Waals surface area contributed by atoms with Crippen molar-refractivity contribution in [2.24, 2.45) is 7.05 Å². The molecule has 7 heteroatoms. The highest BCUT2D eigenvalue weighted by molar-refractivity contribution is 5.76. The molecule has 1 aliphatic heterocycles. The Labute approximate surface area is 153 Å². The summed E-state index contributed by atoms with van der Waals surface area (Å²) in [4.78, 5) is 27.0. The van der Waals surface area contributed by atoms with E-state index < -0.39 is 0 Å². The SMILES string of the molecule is Cn1nc(C2CCN(C(=O)Cn3cccc3)CC2)n(C2CCCC2)c1=O. The van der Waals surface area contributed by atoms with Gasteiger partial charge in [-0.1, -0.05) is 12.8 Å². The van der Waals surface area contributed by atoms with E-state index in [1.54, 1.807) is 7.05 Å². The number of nitrogens with zero attached hydrogens (tertiary/aromatic N) is 5. The fourth-order valence-electron chi connectivity index (χ4n) is 4.40. The lowest BCUT2D eigenvalue weighted by Gasteiger charge is -2.32. The average Bonchev–Trinajstić information content (AvgIpc) is 3.39. The van der Waals surface area contributed by atoms with Crippen molar-refractivity contribution < 1.29 is 4.79 Å². The summed E-state index contributed by atoms with van der Waals surface area (Å²) in [5.74, 6) is 1.36. The number of aromatic nitrogens is 4. The highest BCUT2D eigenvalue weighted by Crippen LogP contribution is 2.33. The van der Waals surface area contributed by atoms with Gasteiger partial charge in [-0.2, -0.15) is 5.10 Å². The van der Waals surface area contributed by atoms with Crippen molar-refractivity contribution >= 4 is 5.91 Å². The second kappa shape index (κ2) is 7.13. The van der Waals surface area contributed by atoms with Crippen LogP contribution < -0.4 is 5.69 Å². The molecule has 1 saturated carbocycles. The Kier molecular flexibility index (Phi) is 4.70. The highest BCUT2D eigenvalue weighted by Gasteiger charge is 2.31. The summed E-state index contributed by atoms with van der Waals surface area (Å²) in [5, 5.41) is 4.57. The third-order valence-corrected chi connectivity index (χ3v) is 5.87. The Balaban J connectivity index is 1.44. The van der Waals surface area contributed by atoms with Crippen LogP contribution in [0, 0.1) is 0 Å². The first kappa shape index (κ1) is 17.1. The fourth-order valence-corrected chi connectivity index (χ4v) is 4.40. The number of aryl methyl sites for hydroxylation is 1. The molecular formula is C19H27N5O2. The number of hydrogen-bond acceptors (Lipinski definition) is 3. The Hall–Kier alpha value is -2.31. The molecule has 2 fully saturated rings. The van der Waals surface area contributed by atoms with Crippen LogP contribution in [0.25, 0.3) is 0 Å². The van der Waals surface area contributed by atoms with Crippen LogP contribution in [0.1, 0.15) is 56.3 Å². The summed E-state index contributed by atoms with van der Waals surface area (Å²) in [6, 6.07) is 4.17. The number of carbonyl (C=O) groups is 1. The molecule has 4 rings (SSSR count). The molecule has 0 radical (unpaired) electrons. The smallest absolute Gasteiger partial charge is 0.345 e. The number of likely N-dealkylation sites (tertiary alicyclic amines) is 1. The first-order valence-electron chi connectivity index (χ1n) is 9.67. The van der Waals surface area contributed by atoms with E-state index in [4.69, 9.17) is 0 Å². The van der Waals surface area contributed by atoms with Crippen molar-refractivity contribution in [1.29, 1.82) is 0 Å². The molecule has 0 unspecified atom stereocenters. The molecule has 0 bridgehead atoms. The van der Waals surface area contributed by atoms with Gasteiger partial charge in [0.15, 0.2) is 0 Å². The number of carbonyl (C=O) groups excluding carboxylic acids is 1. The normalized spacial score (nSPS) is 19.3. The van der Waals surface area contributed by atoms with Gasteiger partial charge >= 0.3 is 5.69 Å². The van der Waals surface area contributed by atoms with Crippen molar-refractivity contribution in [2.45, 2.75) is 57.0 Å². The van der Waals surface area contributed by atoms with Gasteiger partial charge < -0.3 is 9.47 Å². The van der Waals surface area contributed by atoms with E-state index in [2.05, 4.69) is 5.10 Å². The quantitative estimate of drug-likeness (QED) is 0.839. The lowest BCUT2D eigenvalue weighted by Crippen LogP contribution is -2.40. The molecule has 3 heterocycles. The van der Waals surface area contributed by atoms with E-state index in [0.29, 0.717) is 12.6 Å². The number of amides is 1. The summed E-state index contributed by atoms with van der Waals surface area (Å²) in [7, 11) is 1.74. The number of piperidine rings is 1. The van der Waals surface area contributed by atoms with Crippen LogP contribution in [0.4, 0.5) is 0 Å². The molecule has 1 amide bonds. The standard InChI is InChI=1S/C19H27N5O2/c1-21-19(26)24(16-6-2-3-7-16)18(20-21)15-8-12-23(13-9-15)17(25)14-22-10-4-5-11-22/h4-5,10-11,15-16H,2-3,6-9,12-14H2,1H3. The fraction of sp³-hybridized carbons (Fsp3) is 0.632. The topological polar surface area (TPSA) is 65.1 Å². The van der Waals surface area contributed by atoms with Crippen LogP contribution in [0.2, 0.25) is 0 Å². The summed E-state index contributed by atoms with van der Waals surface area (Å²) in [5.41, 5.74) is 0.0120. The zero-order chi connectivity index (χ0) is 18.1. The molecule has 1 saturated heterocycles. The minimum Gasteiger partial charge on any atom is -0.345 e. The van der Waals surface area contributed by atoms with Crippen molar-refractivity contribution in [3.8, 4) is 0 Å².